The van der Waals surface area contributed by atoms with E-state index in [4.69, 9.17) is 4.74 Å². The molecule has 0 heterocycles. The number of ether oxygens (including phenoxy) is 1. The number of nitrogens with one attached hydrogen (secondary N) is 1. The maximum absolute atomic E-state index is 13.7. The highest BCUT2D eigenvalue weighted by Gasteiger charge is 2.23. The van der Waals surface area contributed by atoms with Crippen molar-refractivity contribution >= 4 is 11.0 Å². The summed E-state index contributed by atoms with van der Waals surface area (Å²) in [5, 5.41) is 0. The number of rotatable bonds is 6. The smallest absolute Gasteiger partial charge is 0.127 e. The molecule has 0 aromatic heterocycles. The molecule has 21 heavy (non-hydrogen) atoms. The molecule has 1 N–H and O–H groups in total. The zero-order valence-electron chi connectivity index (χ0n) is 13.1. The molecule has 3 nitrogen and oxygen atoms in total. The Kier molecular flexibility index (Phi) is 5.04. The van der Waals surface area contributed by atoms with Gasteiger partial charge in [0.25, 0.3) is 0 Å². The van der Waals surface area contributed by atoms with Gasteiger partial charge in [0.15, 0.2) is 0 Å². The maximum atomic E-state index is 13.7. The summed E-state index contributed by atoms with van der Waals surface area (Å²) in [5.41, 5.74) is 0.749. The second-order valence-corrected chi connectivity index (χ2v) is 8.69. The van der Waals surface area contributed by atoms with Crippen molar-refractivity contribution < 1.29 is 13.3 Å². The third-order valence-corrected chi connectivity index (χ3v) is 5.10. The van der Waals surface area contributed by atoms with Crippen molar-refractivity contribution in [2.45, 2.75) is 51.3 Å². The van der Waals surface area contributed by atoms with E-state index in [1.54, 1.807) is 0 Å². The molecule has 0 amide bonds. The molecule has 5 heteroatoms. The number of halogens is 1. The van der Waals surface area contributed by atoms with Crippen LogP contribution in [0.25, 0.3) is 0 Å². The highest BCUT2D eigenvalue weighted by Crippen LogP contribution is 2.30. The van der Waals surface area contributed by atoms with Crippen molar-refractivity contribution in [2.24, 2.45) is 5.92 Å². The Balaban J connectivity index is 2.05. The molecule has 1 aliphatic rings. The number of benzene rings is 1. The minimum Gasteiger partial charge on any atom is -0.493 e. The zero-order valence-corrected chi connectivity index (χ0v) is 13.9. The van der Waals surface area contributed by atoms with Crippen molar-refractivity contribution in [1.82, 2.24) is 4.72 Å². The zero-order chi connectivity index (χ0) is 15.6. The van der Waals surface area contributed by atoms with Crippen LogP contribution in [0.2, 0.25) is 0 Å². The van der Waals surface area contributed by atoms with Crippen LogP contribution in [0.15, 0.2) is 18.2 Å². The van der Waals surface area contributed by atoms with Crippen LogP contribution < -0.4 is 9.46 Å². The first kappa shape index (κ1) is 16.4. The maximum Gasteiger partial charge on any atom is 0.127 e. The van der Waals surface area contributed by atoms with E-state index in [1.807, 2.05) is 33.8 Å². The fraction of sp³-hybridized carbons (Fsp3) is 0.625. The molecule has 2 atom stereocenters. The fourth-order valence-corrected chi connectivity index (χ4v) is 2.63. The lowest BCUT2D eigenvalue weighted by Gasteiger charge is -2.22. The monoisotopic (exact) mass is 313 g/mol. The van der Waals surface area contributed by atoms with Gasteiger partial charge in [0.2, 0.25) is 0 Å². The van der Waals surface area contributed by atoms with Gasteiger partial charge in [-0.15, -0.1) is 0 Å². The van der Waals surface area contributed by atoms with E-state index in [-0.39, 0.29) is 16.6 Å². The van der Waals surface area contributed by atoms with Crippen molar-refractivity contribution in [3.05, 3.63) is 29.6 Å². The Morgan fingerprint density at radius 2 is 2.05 bits per heavy atom. The molecule has 1 aliphatic carbocycles. The molecule has 2 rings (SSSR count). The Bertz CT molecular complexity index is 523. The molecule has 0 radical (unpaired) electrons. The van der Waals surface area contributed by atoms with E-state index in [9.17, 15) is 8.60 Å². The molecule has 0 aliphatic heterocycles. The van der Waals surface area contributed by atoms with Gasteiger partial charge >= 0.3 is 0 Å². The summed E-state index contributed by atoms with van der Waals surface area (Å²) in [6.07, 6.45) is 2.40. The Morgan fingerprint density at radius 3 is 2.62 bits per heavy atom. The fourth-order valence-electron chi connectivity index (χ4n) is 1.82. The molecule has 0 bridgehead atoms. The second-order valence-electron chi connectivity index (χ2n) is 6.70. The van der Waals surface area contributed by atoms with Crippen molar-refractivity contribution in [1.29, 1.82) is 0 Å². The van der Waals surface area contributed by atoms with E-state index < -0.39 is 11.0 Å². The third-order valence-electron chi connectivity index (χ3n) is 3.42. The van der Waals surface area contributed by atoms with Crippen LogP contribution in [-0.2, 0) is 11.0 Å². The Labute approximate surface area is 128 Å². The summed E-state index contributed by atoms with van der Waals surface area (Å²) in [6.45, 7) is 8.23. The minimum atomic E-state index is -1.20. The average Bonchev–Trinajstić information content (AvgIpc) is 3.18. The highest BCUT2D eigenvalue weighted by atomic mass is 32.2. The predicted octanol–water partition coefficient (Wildman–Crippen LogP) is 3.73. The quantitative estimate of drug-likeness (QED) is 0.869. The molecule has 1 aromatic carbocycles. The summed E-state index contributed by atoms with van der Waals surface area (Å²) in [7, 11) is -1.20. The average molecular weight is 313 g/mol. The van der Waals surface area contributed by atoms with Crippen LogP contribution in [0.3, 0.4) is 0 Å². The molecular formula is C16H24FNO2S. The Hall–Kier alpha value is -0.940. The topological polar surface area (TPSA) is 38.3 Å². The van der Waals surface area contributed by atoms with Gasteiger partial charge in [0.1, 0.15) is 11.6 Å². The van der Waals surface area contributed by atoms with Gasteiger partial charge < -0.3 is 4.74 Å². The van der Waals surface area contributed by atoms with Gasteiger partial charge in [-0.05, 0) is 64.2 Å². The van der Waals surface area contributed by atoms with Crippen LogP contribution in [-0.4, -0.2) is 15.6 Å². The molecule has 0 unspecified atom stereocenters. The number of hydrogen-bond acceptors (Lipinski definition) is 2. The van der Waals surface area contributed by atoms with Crippen LogP contribution >= 0.6 is 0 Å². The molecule has 118 valence electrons. The summed E-state index contributed by atoms with van der Waals surface area (Å²) >= 11 is 0. The van der Waals surface area contributed by atoms with Gasteiger partial charge in [-0.3, -0.25) is 0 Å². The molecule has 0 spiro atoms. The highest BCUT2D eigenvalue weighted by molar-refractivity contribution is 7.84. The third kappa shape index (κ3) is 5.08. The van der Waals surface area contributed by atoms with Gasteiger partial charge in [0.05, 0.1) is 22.3 Å². The minimum absolute atomic E-state index is 0.205. The van der Waals surface area contributed by atoms with Crippen molar-refractivity contribution in [3.63, 3.8) is 0 Å². The van der Waals surface area contributed by atoms with Crippen LogP contribution in [0.1, 0.15) is 52.1 Å². The lowest BCUT2D eigenvalue weighted by molar-refractivity contribution is 0.298. The molecule has 1 fully saturated rings. The second kappa shape index (κ2) is 6.44. The summed E-state index contributed by atoms with van der Waals surface area (Å²) in [6, 6.07) is 4.48. The largest absolute Gasteiger partial charge is 0.493 e. The molecule has 1 aromatic rings. The van der Waals surface area contributed by atoms with Gasteiger partial charge in [-0.1, -0.05) is 0 Å². The molecule has 1 saturated carbocycles. The first-order valence-corrected chi connectivity index (χ1v) is 8.52. The lowest BCUT2D eigenvalue weighted by Crippen LogP contribution is -2.34. The predicted molar refractivity (Wildman–Crippen MR) is 84.1 cm³/mol. The van der Waals surface area contributed by atoms with Gasteiger partial charge in [-0.25, -0.2) is 13.3 Å². The van der Waals surface area contributed by atoms with Gasteiger partial charge in [-0.2, -0.15) is 0 Å². The molecule has 0 saturated heterocycles. The van der Waals surface area contributed by atoms with E-state index >= 15 is 0 Å². The van der Waals surface area contributed by atoms with Crippen LogP contribution in [0.4, 0.5) is 4.39 Å². The van der Waals surface area contributed by atoms with Crippen molar-refractivity contribution in [3.8, 4) is 5.75 Å². The van der Waals surface area contributed by atoms with E-state index in [2.05, 4.69) is 4.72 Å². The van der Waals surface area contributed by atoms with Crippen LogP contribution in [0, 0.1) is 11.7 Å². The SMILES string of the molecule is C[C@H](N[S@@](=O)C(C)(C)C)c1cc(F)cc(OCC2CC2)c1. The first-order valence-electron chi connectivity index (χ1n) is 7.37. The van der Waals surface area contributed by atoms with Crippen molar-refractivity contribution in [2.75, 3.05) is 6.61 Å². The van der Waals surface area contributed by atoms with E-state index in [0.29, 0.717) is 18.3 Å². The standard InChI is InChI=1S/C16H24FNO2S/c1-11(18-21(19)16(2,3)4)13-7-14(17)9-15(8-13)20-10-12-5-6-12/h7-9,11-12,18H,5-6,10H2,1-4H3/t11-,21-/m0/s1. The lowest BCUT2D eigenvalue weighted by atomic mass is 10.1. The van der Waals surface area contributed by atoms with E-state index in [1.165, 1.54) is 25.0 Å². The normalized spacial score (nSPS) is 18.3. The summed E-state index contributed by atoms with van der Waals surface area (Å²) in [4.78, 5) is 0. The van der Waals surface area contributed by atoms with E-state index in [0.717, 1.165) is 5.56 Å². The Morgan fingerprint density at radius 1 is 1.38 bits per heavy atom. The summed E-state index contributed by atoms with van der Waals surface area (Å²) in [5.74, 6) is 0.848. The summed E-state index contributed by atoms with van der Waals surface area (Å²) < 4.78 is 34.1. The first-order chi connectivity index (χ1) is 9.75. The van der Waals surface area contributed by atoms with Crippen LogP contribution in [0.5, 0.6) is 5.75 Å². The molecular weight excluding hydrogens is 289 g/mol. The number of hydrogen-bond donors (Lipinski definition) is 1. The van der Waals surface area contributed by atoms with Gasteiger partial charge in [0, 0.05) is 12.1 Å².